The first-order chi connectivity index (χ1) is 9.81. The molecule has 0 saturated carbocycles. The van der Waals surface area contributed by atoms with E-state index in [0.717, 1.165) is 11.1 Å². The van der Waals surface area contributed by atoms with E-state index >= 15 is 0 Å². The van der Waals surface area contributed by atoms with Crippen LogP contribution in [-0.2, 0) is 4.79 Å². The summed E-state index contributed by atoms with van der Waals surface area (Å²) in [6.45, 7) is 10.2. The molecule has 0 spiro atoms. The lowest BCUT2D eigenvalue weighted by atomic mass is 10.1. The van der Waals surface area contributed by atoms with Crippen LogP contribution in [0.15, 0.2) is 41.5 Å². The molecule has 1 N–H and O–H groups in total. The zero-order chi connectivity index (χ0) is 16.0. The van der Waals surface area contributed by atoms with Gasteiger partial charge < -0.3 is 5.11 Å². The van der Waals surface area contributed by atoms with Crippen molar-refractivity contribution < 1.29 is 9.90 Å². The standard InChI is InChI=1S/C18H22O2S/c1-12(7-6-8-13(2)11-18(19)20)9-10-17-15(4)14(3)16(5)21-17/h6-11H,1-5H3,(H,19,20)/b8-6+,10-9+,12-7+,13-11+. The Morgan fingerprint density at radius 3 is 2.24 bits per heavy atom. The lowest BCUT2D eigenvalue weighted by Crippen LogP contribution is -1.87. The first kappa shape index (κ1) is 17.2. The monoisotopic (exact) mass is 302 g/mol. The van der Waals surface area contributed by atoms with E-state index in [-0.39, 0.29) is 0 Å². The molecule has 0 aromatic carbocycles. The molecule has 0 amide bonds. The van der Waals surface area contributed by atoms with Gasteiger partial charge in [-0.25, -0.2) is 4.79 Å². The minimum absolute atomic E-state index is 0.718. The highest BCUT2D eigenvalue weighted by atomic mass is 32.1. The molecule has 0 aliphatic rings. The molecule has 1 aromatic heterocycles. The van der Waals surface area contributed by atoms with Crippen LogP contribution in [0.5, 0.6) is 0 Å². The molecule has 0 aliphatic carbocycles. The number of allylic oxidation sites excluding steroid dienone is 6. The Labute approximate surface area is 130 Å². The molecule has 3 heteroatoms. The van der Waals surface area contributed by atoms with Crippen LogP contribution >= 0.6 is 11.3 Å². The predicted octanol–water partition coefficient (Wildman–Crippen LogP) is 5.22. The maximum absolute atomic E-state index is 10.5. The summed E-state index contributed by atoms with van der Waals surface area (Å²) in [6.07, 6.45) is 11.0. The molecule has 1 aromatic rings. The van der Waals surface area contributed by atoms with Gasteiger partial charge in [-0.1, -0.05) is 29.9 Å². The van der Waals surface area contributed by atoms with Crippen molar-refractivity contribution in [2.75, 3.05) is 0 Å². The summed E-state index contributed by atoms with van der Waals surface area (Å²) in [5, 5.41) is 8.62. The lowest BCUT2D eigenvalue weighted by molar-refractivity contribution is -0.131. The third-order valence-electron chi connectivity index (χ3n) is 3.29. The summed E-state index contributed by atoms with van der Waals surface area (Å²) in [6, 6.07) is 0. The number of carbonyl (C=O) groups is 1. The molecule has 0 radical (unpaired) electrons. The van der Waals surface area contributed by atoms with Crippen LogP contribution in [0.25, 0.3) is 6.08 Å². The van der Waals surface area contributed by atoms with Crippen molar-refractivity contribution in [1.29, 1.82) is 0 Å². The normalized spacial score (nSPS) is 13.6. The van der Waals surface area contributed by atoms with E-state index in [1.54, 1.807) is 13.0 Å². The third kappa shape index (κ3) is 5.56. The van der Waals surface area contributed by atoms with Gasteiger partial charge in [0.15, 0.2) is 0 Å². The summed E-state index contributed by atoms with van der Waals surface area (Å²) in [5.41, 5.74) is 4.56. The van der Waals surface area contributed by atoms with E-state index in [9.17, 15) is 4.79 Å². The van der Waals surface area contributed by atoms with Gasteiger partial charge >= 0.3 is 5.97 Å². The van der Waals surface area contributed by atoms with Gasteiger partial charge in [-0.05, 0) is 57.4 Å². The number of carboxylic acids is 1. The van der Waals surface area contributed by atoms with Crippen molar-refractivity contribution in [3.8, 4) is 0 Å². The average molecular weight is 302 g/mol. The van der Waals surface area contributed by atoms with Crippen molar-refractivity contribution in [2.45, 2.75) is 34.6 Å². The Hall–Kier alpha value is -1.87. The van der Waals surface area contributed by atoms with E-state index < -0.39 is 5.97 Å². The van der Waals surface area contributed by atoms with E-state index in [1.165, 1.54) is 27.0 Å². The maximum atomic E-state index is 10.5. The molecule has 21 heavy (non-hydrogen) atoms. The Morgan fingerprint density at radius 1 is 1.05 bits per heavy atom. The number of hydrogen-bond donors (Lipinski definition) is 1. The van der Waals surface area contributed by atoms with Crippen LogP contribution < -0.4 is 0 Å². The van der Waals surface area contributed by atoms with E-state index in [4.69, 9.17) is 5.11 Å². The predicted molar refractivity (Wildman–Crippen MR) is 91.9 cm³/mol. The van der Waals surface area contributed by atoms with Gasteiger partial charge in [-0.2, -0.15) is 0 Å². The van der Waals surface area contributed by atoms with Crippen LogP contribution in [0.4, 0.5) is 0 Å². The van der Waals surface area contributed by atoms with Crippen LogP contribution in [0, 0.1) is 20.8 Å². The Morgan fingerprint density at radius 2 is 1.71 bits per heavy atom. The van der Waals surface area contributed by atoms with Gasteiger partial charge in [-0.3, -0.25) is 0 Å². The zero-order valence-electron chi connectivity index (χ0n) is 13.2. The van der Waals surface area contributed by atoms with Crippen LogP contribution in [-0.4, -0.2) is 11.1 Å². The second-order valence-electron chi connectivity index (χ2n) is 5.10. The molecule has 0 fully saturated rings. The molecule has 0 bridgehead atoms. The van der Waals surface area contributed by atoms with Gasteiger partial charge in [0.05, 0.1) is 0 Å². The number of rotatable bonds is 5. The molecule has 1 rings (SSSR count). The number of aliphatic carboxylic acids is 1. The zero-order valence-corrected chi connectivity index (χ0v) is 14.0. The fraction of sp³-hybridized carbons (Fsp3) is 0.278. The second kappa shape index (κ2) is 7.79. The number of thiophene rings is 1. The third-order valence-corrected chi connectivity index (χ3v) is 4.56. The summed E-state index contributed by atoms with van der Waals surface area (Å²) in [7, 11) is 0. The molecule has 0 saturated heterocycles. The van der Waals surface area contributed by atoms with Gasteiger partial charge in [0.1, 0.15) is 0 Å². The van der Waals surface area contributed by atoms with Crippen LogP contribution in [0.3, 0.4) is 0 Å². The summed E-state index contributed by atoms with van der Waals surface area (Å²) >= 11 is 1.81. The van der Waals surface area contributed by atoms with Crippen molar-refractivity contribution in [1.82, 2.24) is 0 Å². The maximum Gasteiger partial charge on any atom is 0.328 e. The molecule has 0 atom stereocenters. The van der Waals surface area contributed by atoms with E-state index in [1.807, 2.05) is 30.4 Å². The van der Waals surface area contributed by atoms with E-state index in [0.29, 0.717) is 0 Å². The highest BCUT2D eigenvalue weighted by Gasteiger charge is 2.04. The average Bonchev–Trinajstić information content (AvgIpc) is 2.63. The lowest BCUT2D eigenvalue weighted by Gasteiger charge is -1.93. The summed E-state index contributed by atoms with van der Waals surface area (Å²) in [5.74, 6) is -0.920. The van der Waals surface area contributed by atoms with Crippen molar-refractivity contribution in [3.05, 3.63) is 62.4 Å². The van der Waals surface area contributed by atoms with Crippen LogP contribution in [0.1, 0.15) is 34.7 Å². The molecule has 112 valence electrons. The summed E-state index contributed by atoms with van der Waals surface area (Å²) in [4.78, 5) is 13.2. The number of aryl methyl sites for hydroxylation is 1. The molecular weight excluding hydrogens is 280 g/mol. The largest absolute Gasteiger partial charge is 0.478 e. The van der Waals surface area contributed by atoms with Crippen LogP contribution in [0.2, 0.25) is 0 Å². The molecule has 1 heterocycles. The SMILES string of the molecule is CC(/C=C/c1sc(C)c(C)c1C)=C\C=C\C(C)=C\C(=O)O. The Kier molecular flexibility index (Phi) is 6.38. The van der Waals surface area contributed by atoms with Crippen molar-refractivity contribution in [2.24, 2.45) is 0 Å². The minimum atomic E-state index is -0.920. The fourth-order valence-corrected chi connectivity index (χ4v) is 2.86. The number of carboxylic acid groups (broad SMARTS) is 1. The quantitative estimate of drug-likeness (QED) is 0.598. The Balaban J connectivity index is 2.76. The van der Waals surface area contributed by atoms with Gasteiger partial charge in [-0.15, -0.1) is 11.3 Å². The topological polar surface area (TPSA) is 37.3 Å². The number of hydrogen-bond acceptors (Lipinski definition) is 2. The highest BCUT2D eigenvalue weighted by molar-refractivity contribution is 7.13. The second-order valence-corrected chi connectivity index (χ2v) is 6.36. The summed E-state index contributed by atoms with van der Waals surface area (Å²) < 4.78 is 0. The smallest absolute Gasteiger partial charge is 0.328 e. The highest BCUT2D eigenvalue weighted by Crippen LogP contribution is 2.27. The van der Waals surface area contributed by atoms with E-state index in [2.05, 4.69) is 32.9 Å². The molecule has 0 unspecified atom stereocenters. The van der Waals surface area contributed by atoms with Gasteiger partial charge in [0.2, 0.25) is 0 Å². The molecule has 2 nitrogen and oxygen atoms in total. The van der Waals surface area contributed by atoms with Crippen molar-refractivity contribution >= 4 is 23.4 Å². The molecule has 0 aliphatic heterocycles. The first-order valence-electron chi connectivity index (χ1n) is 6.82. The minimum Gasteiger partial charge on any atom is -0.478 e. The van der Waals surface area contributed by atoms with Gasteiger partial charge in [0.25, 0.3) is 0 Å². The van der Waals surface area contributed by atoms with Crippen molar-refractivity contribution in [3.63, 3.8) is 0 Å². The Bertz CT molecular complexity index is 640. The first-order valence-corrected chi connectivity index (χ1v) is 7.63. The molecular formula is C18H22O2S. The fourth-order valence-electron chi connectivity index (χ4n) is 1.78. The van der Waals surface area contributed by atoms with Gasteiger partial charge in [0, 0.05) is 15.8 Å².